The smallest absolute Gasteiger partial charge is 0.191 e. The molecule has 25 heavy (non-hydrogen) atoms. The van der Waals surface area contributed by atoms with E-state index in [2.05, 4.69) is 44.8 Å². The number of hydrogen-bond acceptors (Lipinski definition) is 3. The Bertz CT molecular complexity index is 551. The number of likely N-dealkylation sites (tertiary alicyclic amines) is 1. The molecular weight excluding hydrogens is 312 g/mol. The van der Waals surface area contributed by atoms with E-state index in [9.17, 15) is 0 Å². The van der Waals surface area contributed by atoms with Crippen molar-refractivity contribution >= 4 is 5.96 Å². The fraction of sp³-hybridized carbons (Fsp3) is 0.650. The normalized spacial score (nSPS) is 22.5. The molecule has 1 aliphatic heterocycles. The van der Waals surface area contributed by atoms with Crippen molar-refractivity contribution in [2.24, 2.45) is 4.99 Å². The first-order valence-corrected chi connectivity index (χ1v) is 9.56. The summed E-state index contributed by atoms with van der Waals surface area (Å²) in [6.07, 6.45) is 6.80. The fourth-order valence-electron chi connectivity index (χ4n) is 4.00. The maximum Gasteiger partial charge on any atom is 0.191 e. The van der Waals surface area contributed by atoms with Crippen molar-refractivity contribution in [2.45, 2.75) is 57.3 Å². The van der Waals surface area contributed by atoms with Crippen LogP contribution in [0.15, 0.2) is 29.3 Å². The summed E-state index contributed by atoms with van der Waals surface area (Å²) in [7, 11) is 3.57. The van der Waals surface area contributed by atoms with Crippen molar-refractivity contribution in [2.75, 3.05) is 27.2 Å². The predicted molar refractivity (Wildman–Crippen MR) is 103 cm³/mol. The third-order valence-corrected chi connectivity index (χ3v) is 5.42. The van der Waals surface area contributed by atoms with Crippen LogP contribution in [0.2, 0.25) is 0 Å². The van der Waals surface area contributed by atoms with Gasteiger partial charge in [0.2, 0.25) is 0 Å². The van der Waals surface area contributed by atoms with E-state index in [0.29, 0.717) is 12.6 Å². The van der Waals surface area contributed by atoms with E-state index in [-0.39, 0.29) is 0 Å². The molecule has 1 aromatic carbocycles. The Hall–Kier alpha value is -1.59. The third kappa shape index (κ3) is 5.19. The second kappa shape index (κ2) is 9.20. The minimum atomic E-state index is 0.510. The van der Waals surface area contributed by atoms with Gasteiger partial charge in [0, 0.05) is 45.9 Å². The highest BCUT2D eigenvalue weighted by Crippen LogP contribution is 2.26. The Morgan fingerprint density at radius 1 is 1.16 bits per heavy atom. The van der Waals surface area contributed by atoms with Gasteiger partial charge in [-0.05, 0) is 30.4 Å². The summed E-state index contributed by atoms with van der Waals surface area (Å²) in [4.78, 5) is 7.07. The van der Waals surface area contributed by atoms with Gasteiger partial charge in [0.25, 0.3) is 0 Å². The van der Waals surface area contributed by atoms with Gasteiger partial charge >= 0.3 is 0 Å². The van der Waals surface area contributed by atoms with Gasteiger partial charge in [-0.2, -0.15) is 0 Å². The van der Waals surface area contributed by atoms with Crippen LogP contribution in [0.5, 0.6) is 0 Å². The zero-order valence-electron chi connectivity index (χ0n) is 15.6. The summed E-state index contributed by atoms with van der Waals surface area (Å²) in [6.45, 7) is 3.82. The first kappa shape index (κ1) is 18.2. The molecule has 0 amide bonds. The zero-order chi connectivity index (χ0) is 17.5. The molecule has 0 radical (unpaired) electrons. The average molecular weight is 345 g/mol. The van der Waals surface area contributed by atoms with Crippen molar-refractivity contribution in [1.82, 2.24) is 15.5 Å². The Kier molecular flexibility index (Phi) is 6.70. The van der Waals surface area contributed by atoms with Crippen molar-refractivity contribution in [1.29, 1.82) is 0 Å². The molecule has 1 heterocycles. The number of nitrogens with zero attached hydrogens (tertiary/aromatic N) is 2. The van der Waals surface area contributed by atoms with Crippen molar-refractivity contribution in [3.63, 3.8) is 0 Å². The number of benzene rings is 1. The molecule has 2 aliphatic rings. The Morgan fingerprint density at radius 3 is 2.56 bits per heavy atom. The van der Waals surface area contributed by atoms with Crippen LogP contribution in [0.4, 0.5) is 0 Å². The number of nitrogens with one attached hydrogen (secondary N) is 2. The average Bonchev–Trinajstić information content (AvgIpc) is 3.31. The lowest BCUT2D eigenvalue weighted by molar-refractivity contribution is 0.185. The molecule has 5 heteroatoms. The topological polar surface area (TPSA) is 48.9 Å². The summed E-state index contributed by atoms with van der Waals surface area (Å²) in [5.41, 5.74) is 2.45. The molecule has 2 fully saturated rings. The van der Waals surface area contributed by atoms with Crippen LogP contribution in [-0.2, 0) is 17.9 Å². The van der Waals surface area contributed by atoms with Gasteiger partial charge < -0.3 is 15.4 Å². The SMILES string of the molecule is CN=C(NCc1ccc(COC)cc1)NC1CCN(C2CCCC2)C1. The van der Waals surface area contributed by atoms with Crippen molar-refractivity contribution in [3.8, 4) is 0 Å². The second-order valence-electron chi connectivity index (χ2n) is 7.24. The number of ether oxygens (including phenoxy) is 1. The number of hydrogen-bond donors (Lipinski definition) is 2. The van der Waals surface area contributed by atoms with Crippen LogP contribution in [0, 0.1) is 0 Å². The van der Waals surface area contributed by atoms with Crippen LogP contribution in [0.3, 0.4) is 0 Å². The third-order valence-electron chi connectivity index (χ3n) is 5.42. The lowest BCUT2D eigenvalue weighted by Crippen LogP contribution is -2.45. The van der Waals surface area contributed by atoms with Gasteiger partial charge in [0.05, 0.1) is 6.61 Å². The van der Waals surface area contributed by atoms with E-state index in [0.717, 1.165) is 25.1 Å². The molecule has 0 bridgehead atoms. The summed E-state index contributed by atoms with van der Waals surface area (Å²) in [5, 5.41) is 7.04. The molecule has 138 valence electrons. The van der Waals surface area contributed by atoms with Crippen LogP contribution < -0.4 is 10.6 Å². The summed E-state index contributed by atoms with van der Waals surface area (Å²) in [5.74, 6) is 0.902. The largest absolute Gasteiger partial charge is 0.380 e. The molecule has 3 rings (SSSR count). The van der Waals surface area contributed by atoms with E-state index < -0.39 is 0 Å². The fourth-order valence-corrected chi connectivity index (χ4v) is 4.00. The molecule has 0 aromatic heterocycles. The quantitative estimate of drug-likeness (QED) is 0.615. The second-order valence-corrected chi connectivity index (χ2v) is 7.24. The van der Waals surface area contributed by atoms with Gasteiger partial charge in [0.1, 0.15) is 0 Å². The molecule has 1 aliphatic carbocycles. The lowest BCUT2D eigenvalue weighted by Gasteiger charge is -2.24. The molecule has 5 nitrogen and oxygen atoms in total. The van der Waals surface area contributed by atoms with Gasteiger partial charge in [-0.1, -0.05) is 37.1 Å². The molecular formula is C20H32N4O. The highest BCUT2D eigenvalue weighted by atomic mass is 16.5. The van der Waals surface area contributed by atoms with Gasteiger partial charge in [-0.3, -0.25) is 9.89 Å². The van der Waals surface area contributed by atoms with Gasteiger partial charge in [-0.25, -0.2) is 0 Å². The number of methoxy groups -OCH3 is 1. The maximum atomic E-state index is 5.15. The summed E-state index contributed by atoms with van der Waals surface area (Å²) < 4.78 is 5.15. The Labute approximate surface area is 151 Å². The monoisotopic (exact) mass is 344 g/mol. The van der Waals surface area contributed by atoms with Gasteiger partial charge in [-0.15, -0.1) is 0 Å². The minimum absolute atomic E-state index is 0.510. The van der Waals surface area contributed by atoms with E-state index in [1.165, 1.54) is 49.8 Å². The number of guanidine groups is 1. The van der Waals surface area contributed by atoms with Crippen molar-refractivity contribution < 1.29 is 4.74 Å². The van der Waals surface area contributed by atoms with Crippen LogP contribution >= 0.6 is 0 Å². The predicted octanol–water partition coefficient (Wildman–Crippen LogP) is 2.51. The highest BCUT2D eigenvalue weighted by molar-refractivity contribution is 5.80. The minimum Gasteiger partial charge on any atom is -0.380 e. The van der Waals surface area contributed by atoms with Crippen LogP contribution in [0.1, 0.15) is 43.2 Å². The summed E-state index contributed by atoms with van der Waals surface area (Å²) >= 11 is 0. The standard InChI is InChI=1S/C20H32N4O/c1-21-20(22-13-16-7-9-17(10-8-16)15-25-2)23-18-11-12-24(14-18)19-5-3-4-6-19/h7-10,18-19H,3-6,11-15H2,1-2H3,(H2,21,22,23). The van der Waals surface area contributed by atoms with Gasteiger partial charge in [0.15, 0.2) is 5.96 Å². The summed E-state index contributed by atoms with van der Waals surface area (Å²) in [6, 6.07) is 9.86. The Balaban J connectivity index is 1.43. The number of aliphatic imine (C=N–C) groups is 1. The van der Waals surface area contributed by atoms with E-state index in [1.807, 2.05) is 7.05 Å². The highest BCUT2D eigenvalue weighted by Gasteiger charge is 2.30. The van der Waals surface area contributed by atoms with Crippen LogP contribution in [-0.4, -0.2) is 50.2 Å². The lowest BCUT2D eigenvalue weighted by atomic mass is 10.1. The van der Waals surface area contributed by atoms with E-state index in [1.54, 1.807) is 7.11 Å². The van der Waals surface area contributed by atoms with E-state index in [4.69, 9.17) is 4.74 Å². The molecule has 2 N–H and O–H groups in total. The molecule has 1 unspecified atom stereocenters. The molecule has 1 saturated carbocycles. The zero-order valence-corrected chi connectivity index (χ0v) is 15.6. The molecule has 1 atom stereocenters. The first-order chi connectivity index (χ1) is 12.3. The molecule has 1 aromatic rings. The number of rotatable bonds is 6. The van der Waals surface area contributed by atoms with Crippen molar-refractivity contribution in [3.05, 3.63) is 35.4 Å². The van der Waals surface area contributed by atoms with E-state index >= 15 is 0 Å². The first-order valence-electron chi connectivity index (χ1n) is 9.56. The maximum absolute atomic E-state index is 5.15. The molecule has 0 spiro atoms. The Morgan fingerprint density at radius 2 is 1.88 bits per heavy atom. The van der Waals surface area contributed by atoms with Crippen LogP contribution in [0.25, 0.3) is 0 Å². The molecule has 1 saturated heterocycles.